The van der Waals surface area contributed by atoms with Crippen molar-refractivity contribution in [2.24, 2.45) is 11.1 Å². The maximum absolute atomic E-state index is 6.25. The van der Waals surface area contributed by atoms with Crippen LogP contribution in [0.1, 0.15) is 40.5 Å². The van der Waals surface area contributed by atoms with Crippen LogP contribution in [0.3, 0.4) is 0 Å². The quantitative estimate of drug-likeness (QED) is 0.709. The Bertz CT molecular complexity index is 175. The topological polar surface area (TPSA) is 29.3 Å². The summed E-state index contributed by atoms with van der Waals surface area (Å²) in [5, 5.41) is 0. The van der Waals surface area contributed by atoms with Gasteiger partial charge in [-0.05, 0) is 39.2 Å². The minimum Gasteiger partial charge on any atom is -0.326 e. The molecule has 0 aromatic heterocycles. The molecule has 13 heavy (non-hydrogen) atoms. The average molecular weight is 184 g/mol. The van der Waals surface area contributed by atoms with E-state index in [-0.39, 0.29) is 0 Å². The molecular weight excluding hydrogens is 160 g/mol. The maximum Gasteiger partial charge on any atom is 0.0252 e. The highest BCUT2D eigenvalue weighted by Crippen LogP contribution is 2.38. The molecular formula is C11H24N2. The molecule has 0 radical (unpaired) electrons. The molecule has 1 rings (SSSR count). The molecule has 1 fully saturated rings. The third kappa shape index (κ3) is 2.05. The summed E-state index contributed by atoms with van der Waals surface area (Å²) in [6.07, 6.45) is 2.51. The number of hydrogen-bond donors (Lipinski definition) is 1. The first kappa shape index (κ1) is 11.0. The SMILES string of the molecule is CC(C)N(C)C1CCC(C)(C)C1N. The second kappa shape index (κ2) is 3.58. The number of nitrogens with two attached hydrogens (primary N) is 1. The largest absolute Gasteiger partial charge is 0.326 e. The average Bonchev–Trinajstić information content (AvgIpc) is 2.27. The lowest BCUT2D eigenvalue weighted by molar-refractivity contribution is 0.163. The van der Waals surface area contributed by atoms with Crippen molar-refractivity contribution in [2.75, 3.05) is 7.05 Å². The summed E-state index contributed by atoms with van der Waals surface area (Å²) < 4.78 is 0. The van der Waals surface area contributed by atoms with Crippen molar-refractivity contribution >= 4 is 0 Å². The molecule has 0 aliphatic heterocycles. The normalized spacial score (nSPS) is 33.2. The van der Waals surface area contributed by atoms with Gasteiger partial charge in [0.1, 0.15) is 0 Å². The van der Waals surface area contributed by atoms with Gasteiger partial charge in [0.25, 0.3) is 0 Å². The van der Waals surface area contributed by atoms with Crippen LogP contribution >= 0.6 is 0 Å². The van der Waals surface area contributed by atoms with Gasteiger partial charge in [-0.2, -0.15) is 0 Å². The van der Waals surface area contributed by atoms with Crippen LogP contribution in [0, 0.1) is 5.41 Å². The van der Waals surface area contributed by atoms with E-state index in [1.54, 1.807) is 0 Å². The molecule has 1 saturated carbocycles. The monoisotopic (exact) mass is 184 g/mol. The number of likely N-dealkylation sites (N-methyl/N-ethyl adjacent to an activating group) is 1. The third-order valence-electron chi connectivity index (χ3n) is 3.74. The zero-order chi connectivity index (χ0) is 10.2. The molecule has 0 aromatic rings. The van der Waals surface area contributed by atoms with Gasteiger partial charge in [-0.1, -0.05) is 13.8 Å². The van der Waals surface area contributed by atoms with Gasteiger partial charge in [-0.3, -0.25) is 4.90 Å². The second-order valence-corrected chi connectivity index (χ2v) is 5.38. The Morgan fingerprint density at radius 2 is 1.92 bits per heavy atom. The van der Waals surface area contributed by atoms with Crippen LogP contribution < -0.4 is 5.73 Å². The van der Waals surface area contributed by atoms with Crippen molar-refractivity contribution in [2.45, 2.75) is 58.7 Å². The highest BCUT2D eigenvalue weighted by atomic mass is 15.2. The van der Waals surface area contributed by atoms with Crippen molar-refractivity contribution < 1.29 is 0 Å². The van der Waals surface area contributed by atoms with E-state index in [1.165, 1.54) is 12.8 Å². The first-order valence-electron chi connectivity index (χ1n) is 5.34. The molecule has 0 aromatic carbocycles. The predicted octanol–water partition coefficient (Wildman–Crippen LogP) is 1.84. The minimum atomic E-state index is 0.327. The Morgan fingerprint density at radius 3 is 2.23 bits per heavy atom. The lowest BCUT2D eigenvalue weighted by Crippen LogP contribution is -2.49. The first-order valence-corrected chi connectivity index (χ1v) is 5.34. The molecule has 78 valence electrons. The van der Waals surface area contributed by atoms with Gasteiger partial charge in [0.05, 0.1) is 0 Å². The Hall–Kier alpha value is -0.0800. The molecule has 2 atom stereocenters. The van der Waals surface area contributed by atoms with Crippen molar-refractivity contribution in [1.29, 1.82) is 0 Å². The van der Waals surface area contributed by atoms with E-state index < -0.39 is 0 Å². The van der Waals surface area contributed by atoms with E-state index >= 15 is 0 Å². The van der Waals surface area contributed by atoms with Crippen molar-refractivity contribution in [3.05, 3.63) is 0 Å². The number of rotatable bonds is 2. The summed E-state index contributed by atoms with van der Waals surface area (Å²) in [5.41, 5.74) is 6.58. The minimum absolute atomic E-state index is 0.327. The van der Waals surface area contributed by atoms with Crippen LogP contribution in [0.5, 0.6) is 0 Å². The molecule has 0 saturated heterocycles. The zero-order valence-electron chi connectivity index (χ0n) is 9.67. The molecule has 2 N–H and O–H groups in total. The van der Waals surface area contributed by atoms with Gasteiger partial charge in [0.2, 0.25) is 0 Å². The molecule has 0 bridgehead atoms. The summed E-state index contributed by atoms with van der Waals surface area (Å²) in [4.78, 5) is 2.42. The van der Waals surface area contributed by atoms with E-state index in [4.69, 9.17) is 5.73 Å². The van der Waals surface area contributed by atoms with Crippen molar-refractivity contribution in [1.82, 2.24) is 4.90 Å². The molecule has 0 heterocycles. The lowest BCUT2D eigenvalue weighted by Gasteiger charge is -2.34. The Balaban J connectivity index is 2.65. The summed E-state index contributed by atoms with van der Waals surface area (Å²) in [5.74, 6) is 0. The fourth-order valence-electron chi connectivity index (χ4n) is 2.23. The van der Waals surface area contributed by atoms with E-state index in [1.807, 2.05) is 0 Å². The van der Waals surface area contributed by atoms with Crippen molar-refractivity contribution in [3.8, 4) is 0 Å². The molecule has 1 aliphatic carbocycles. The van der Waals surface area contributed by atoms with E-state index in [2.05, 4.69) is 39.6 Å². The van der Waals surface area contributed by atoms with Gasteiger partial charge >= 0.3 is 0 Å². The van der Waals surface area contributed by atoms with Gasteiger partial charge < -0.3 is 5.73 Å². The Labute approximate surface area is 82.5 Å². The fraction of sp³-hybridized carbons (Fsp3) is 1.00. The van der Waals surface area contributed by atoms with Crippen LogP contribution in [0.2, 0.25) is 0 Å². The van der Waals surface area contributed by atoms with Crippen LogP contribution in [0.25, 0.3) is 0 Å². The highest BCUT2D eigenvalue weighted by Gasteiger charge is 2.41. The third-order valence-corrected chi connectivity index (χ3v) is 3.74. The molecule has 2 unspecified atom stereocenters. The zero-order valence-corrected chi connectivity index (χ0v) is 9.67. The van der Waals surface area contributed by atoms with Gasteiger partial charge in [0, 0.05) is 18.1 Å². The standard InChI is InChI=1S/C11H24N2/c1-8(2)13(5)9-6-7-11(3,4)10(9)12/h8-10H,6-7,12H2,1-5H3. The van der Waals surface area contributed by atoms with Crippen LogP contribution in [0.15, 0.2) is 0 Å². The summed E-state index contributed by atoms with van der Waals surface area (Å²) >= 11 is 0. The van der Waals surface area contributed by atoms with Crippen LogP contribution in [-0.2, 0) is 0 Å². The van der Waals surface area contributed by atoms with E-state index in [0.717, 1.165) is 0 Å². The molecule has 2 heteroatoms. The molecule has 1 aliphatic rings. The van der Waals surface area contributed by atoms with Crippen molar-refractivity contribution in [3.63, 3.8) is 0 Å². The summed E-state index contributed by atoms with van der Waals surface area (Å²) in [6, 6.07) is 1.51. The molecule has 0 amide bonds. The summed E-state index contributed by atoms with van der Waals surface area (Å²) in [7, 11) is 2.19. The second-order valence-electron chi connectivity index (χ2n) is 5.38. The van der Waals surface area contributed by atoms with Gasteiger partial charge in [-0.15, -0.1) is 0 Å². The lowest BCUT2D eigenvalue weighted by atomic mass is 9.87. The fourth-order valence-corrected chi connectivity index (χ4v) is 2.23. The van der Waals surface area contributed by atoms with E-state index in [9.17, 15) is 0 Å². The van der Waals surface area contributed by atoms with Gasteiger partial charge in [-0.25, -0.2) is 0 Å². The van der Waals surface area contributed by atoms with Gasteiger partial charge in [0.15, 0.2) is 0 Å². The maximum atomic E-state index is 6.25. The molecule has 2 nitrogen and oxygen atoms in total. The smallest absolute Gasteiger partial charge is 0.0252 e. The van der Waals surface area contributed by atoms with E-state index in [0.29, 0.717) is 23.5 Å². The number of nitrogens with zero attached hydrogens (tertiary/aromatic N) is 1. The first-order chi connectivity index (χ1) is 5.86. The predicted molar refractivity (Wildman–Crippen MR) is 57.7 cm³/mol. The van der Waals surface area contributed by atoms with Crippen LogP contribution in [-0.4, -0.2) is 30.1 Å². The Morgan fingerprint density at radius 1 is 1.38 bits per heavy atom. The number of hydrogen-bond acceptors (Lipinski definition) is 2. The van der Waals surface area contributed by atoms with Crippen LogP contribution in [0.4, 0.5) is 0 Å². The Kier molecular flexibility index (Phi) is 3.03. The summed E-state index contributed by atoms with van der Waals surface area (Å²) in [6.45, 7) is 9.04. The highest BCUT2D eigenvalue weighted by molar-refractivity contribution is 4.98. The molecule has 0 spiro atoms.